The largest absolute Gasteiger partial charge is 0.489 e. The number of fused-ring (bicyclic) bond motifs is 1. The summed E-state index contributed by atoms with van der Waals surface area (Å²) in [6.45, 7) is 4.23. The van der Waals surface area contributed by atoms with E-state index in [1.807, 2.05) is 19.2 Å². The summed E-state index contributed by atoms with van der Waals surface area (Å²) in [7, 11) is 1.81. The molecule has 26 heavy (non-hydrogen) atoms. The van der Waals surface area contributed by atoms with Crippen molar-refractivity contribution in [2.45, 2.75) is 44.3 Å². The van der Waals surface area contributed by atoms with Crippen molar-refractivity contribution in [1.29, 1.82) is 0 Å². The summed E-state index contributed by atoms with van der Waals surface area (Å²) in [5.41, 5.74) is 1.05. The normalized spacial score (nSPS) is 23.6. The van der Waals surface area contributed by atoms with Gasteiger partial charge < -0.3 is 20.1 Å². The maximum absolute atomic E-state index is 6.37. The lowest BCUT2D eigenvalue weighted by Crippen LogP contribution is -2.44. The smallest absolute Gasteiger partial charge is 0.191 e. The van der Waals surface area contributed by atoms with Crippen LogP contribution in [0.25, 0.3) is 0 Å². The molecule has 1 aromatic carbocycles. The number of rotatable bonds is 4. The maximum atomic E-state index is 6.37. The van der Waals surface area contributed by atoms with Crippen LogP contribution in [-0.2, 0) is 6.54 Å². The quantitative estimate of drug-likeness (QED) is 0.622. The Bertz CT molecular complexity index is 678. The molecule has 4 rings (SSSR count). The Morgan fingerprint density at radius 2 is 2.12 bits per heavy atom. The van der Waals surface area contributed by atoms with Gasteiger partial charge in [-0.15, -0.1) is 0 Å². The van der Waals surface area contributed by atoms with Gasteiger partial charge in [-0.1, -0.05) is 11.6 Å². The van der Waals surface area contributed by atoms with Gasteiger partial charge in [0.25, 0.3) is 0 Å². The molecule has 2 aliphatic heterocycles. The molecule has 1 atom stereocenters. The van der Waals surface area contributed by atoms with Crippen molar-refractivity contribution in [3.63, 3.8) is 0 Å². The molecule has 0 spiro atoms. The van der Waals surface area contributed by atoms with Crippen molar-refractivity contribution >= 4 is 17.6 Å². The van der Waals surface area contributed by atoms with Crippen LogP contribution in [0.3, 0.4) is 0 Å². The number of nitrogens with zero attached hydrogens (tertiary/aromatic N) is 2. The maximum Gasteiger partial charge on any atom is 0.191 e. The average Bonchev–Trinajstić information content (AvgIpc) is 3.43. The Balaban J connectivity index is 1.33. The summed E-state index contributed by atoms with van der Waals surface area (Å²) in [5, 5.41) is 7.53. The predicted molar refractivity (Wildman–Crippen MR) is 103 cm³/mol. The molecule has 1 aliphatic carbocycles. The topological polar surface area (TPSA) is 58.1 Å². The fraction of sp³-hybridized carbons (Fsp3) is 0.632. The van der Waals surface area contributed by atoms with Crippen LogP contribution in [-0.4, -0.2) is 56.3 Å². The van der Waals surface area contributed by atoms with Gasteiger partial charge in [-0.3, -0.25) is 9.89 Å². The SMILES string of the molecule is CN=C(NCc1cc(Cl)c2c(c1)OCCCO2)NC1CCN(C2CC2)C1. The number of likely N-dealkylation sites (tertiary alicyclic amines) is 1. The van der Waals surface area contributed by atoms with Crippen molar-refractivity contribution < 1.29 is 9.47 Å². The molecule has 0 aromatic heterocycles. The molecule has 1 aromatic rings. The number of guanidine groups is 1. The third-order valence-electron chi connectivity index (χ3n) is 5.17. The van der Waals surface area contributed by atoms with Crippen LogP contribution in [0.1, 0.15) is 31.2 Å². The van der Waals surface area contributed by atoms with Crippen LogP contribution in [0.4, 0.5) is 0 Å². The first-order valence-corrected chi connectivity index (χ1v) is 9.90. The van der Waals surface area contributed by atoms with Crippen molar-refractivity contribution in [3.05, 3.63) is 22.7 Å². The van der Waals surface area contributed by atoms with Crippen molar-refractivity contribution in [2.75, 3.05) is 33.4 Å². The number of benzene rings is 1. The first-order valence-electron chi connectivity index (χ1n) is 9.52. The second-order valence-corrected chi connectivity index (χ2v) is 7.64. The van der Waals surface area contributed by atoms with Gasteiger partial charge in [0, 0.05) is 45.2 Å². The van der Waals surface area contributed by atoms with E-state index in [9.17, 15) is 0 Å². The Kier molecular flexibility index (Phi) is 5.41. The van der Waals surface area contributed by atoms with E-state index in [-0.39, 0.29) is 0 Å². The summed E-state index contributed by atoms with van der Waals surface area (Å²) in [6.07, 6.45) is 4.77. The molecule has 0 bridgehead atoms. The van der Waals surface area contributed by atoms with Gasteiger partial charge in [0.1, 0.15) is 0 Å². The van der Waals surface area contributed by atoms with Gasteiger partial charge in [-0.2, -0.15) is 0 Å². The lowest BCUT2D eigenvalue weighted by atomic mass is 10.2. The molecule has 3 aliphatic rings. The molecule has 1 unspecified atom stereocenters. The minimum Gasteiger partial charge on any atom is -0.489 e. The van der Waals surface area contributed by atoms with Gasteiger partial charge in [-0.05, 0) is 37.0 Å². The predicted octanol–water partition coefficient (Wildman–Crippen LogP) is 2.40. The second kappa shape index (κ2) is 7.92. The molecule has 1 saturated carbocycles. The molecule has 6 nitrogen and oxygen atoms in total. The molecule has 7 heteroatoms. The van der Waals surface area contributed by atoms with Crippen molar-refractivity contribution in [3.8, 4) is 11.5 Å². The summed E-state index contributed by atoms with van der Waals surface area (Å²) in [5.74, 6) is 2.21. The first kappa shape index (κ1) is 17.7. The zero-order valence-corrected chi connectivity index (χ0v) is 16.0. The van der Waals surface area contributed by atoms with Crippen molar-refractivity contribution in [1.82, 2.24) is 15.5 Å². The van der Waals surface area contributed by atoms with E-state index in [1.165, 1.54) is 25.8 Å². The van der Waals surface area contributed by atoms with Gasteiger partial charge in [-0.25, -0.2) is 0 Å². The highest BCUT2D eigenvalue weighted by Gasteiger charge is 2.34. The third-order valence-corrected chi connectivity index (χ3v) is 5.45. The molecule has 0 radical (unpaired) electrons. The lowest BCUT2D eigenvalue weighted by Gasteiger charge is -2.19. The van der Waals surface area contributed by atoms with Crippen LogP contribution < -0.4 is 20.1 Å². The third kappa shape index (κ3) is 4.18. The fourth-order valence-corrected chi connectivity index (χ4v) is 3.92. The number of aliphatic imine (C=N–C) groups is 1. The molecule has 0 amide bonds. The standard InChI is InChI=1S/C19H27ClN4O2/c1-21-19(23-14-5-6-24(12-14)15-3-4-15)22-11-13-9-16(20)18-17(10-13)25-7-2-8-26-18/h9-10,14-15H,2-8,11-12H2,1H3,(H2,21,22,23). The summed E-state index contributed by atoms with van der Waals surface area (Å²) >= 11 is 6.37. The minimum absolute atomic E-state index is 0.467. The lowest BCUT2D eigenvalue weighted by molar-refractivity contribution is 0.297. The van der Waals surface area contributed by atoms with E-state index < -0.39 is 0 Å². The summed E-state index contributed by atoms with van der Waals surface area (Å²) in [6, 6.07) is 5.23. The molecule has 1 saturated heterocycles. The van der Waals surface area contributed by atoms with E-state index in [4.69, 9.17) is 21.1 Å². The van der Waals surface area contributed by atoms with Crippen LogP contribution >= 0.6 is 11.6 Å². The van der Waals surface area contributed by atoms with E-state index in [1.54, 1.807) is 0 Å². The highest BCUT2D eigenvalue weighted by atomic mass is 35.5. The van der Waals surface area contributed by atoms with Gasteiger partial charge >= 0.3 is 0 Å². The fourth-order valence-electron chi connectivity index (χ4n) is 3.64. The van der Waals surface area contributed by atoms with Crippen LogP contribution in [0.15, 0.2) is 17.1 Å². The Morgan fingerprint density at radius 3 is 2.92 bits per heavy atom. The molecule has 2 heterocycles. The number of nitrogens with one attached hydrogen (secondary N) is 2. The van der Waals surface area contributed by atoms with E-state index >= 15 is 0 Å². The van der Waals surface area contributed by atoms with E-state index in [2.05, 4.69) is 20.5 Å². The monoisotopic (exact) mass is 378 g/mol. The van der Waals surface area contributed by atoms with Gasteiger partial charge in [0.05, 0.1) is 18.2 Å². The summed E-state index contributed by atoms with van der Waals surface area (Å²) in [4.78, 5) is 6.96. The molecule has 142 valence electrons. The van der Waals surface area contributed by atoms with Gasteiger partial charge in [0.15, 0.2) is 17.5 Å². The molecular formula is C19H27ClN4O2. The number of ether oxygens (including phenoxy) is 2. The molecular weight excluding hydrogens is 352 g/mol. The molecule has 2 N–H and O–H groups in total. The van der Waals surface area contributed by atoms with Crippen LogP contribution in [0, 0.1) is 0 Å². The van der Waals surface area contributed by atoms with Crippen LogP contribution in [0.2, 0.25) is 5.02 Å². The second-order valence-electron chi connectivity index (χ2n) is 7.24. The van der Waals surface area contributed by atoms with E-state index in [0.29, 0.717) is 36.6 Å². The Labute approximate surface area is 159 Å². The van der Waals surface area contributed by atoms with Crippen LogP contribution in [0.5, 0.6) is 11.5 Å². The highest BCUT2D eigenvalue weighted by molar-refractivity contribution is 6.32. The van der Waals surface area contributed by atoms with Gasteiger partial charge in [0.2, 0.25) is 0 Å². The van der Waals surface area contributed by atoms with Crippen molar-refractivity contribution in [2.24, 2.45) is 4.99 Å². The zero-order valence-electron chi connectivity index (χ0n) is 15.3. The Hall–Kier alpha value is -1.66. The Morgan fingerprint density at radius 1 is 1.27 bits per heavy atom. The number of halogens is 1. The number of hydrogen-bond acceptors (Lipinski definition) is 4. The molecule has 2 fully saturated rings. The van der Waals surface area contributed by atoms with E-state index in [0.717, 1.165) is 36.3 Å². The summed E-state index contributed by atoms with van der Waals surface area (Å²) < 4.78 is 11.4. The average molecular weight is 379 g/mol. The minimum atomic E-state index is 0.467. The highest BCUT2D eigenvalue weighted by Crippen LogP contribution is 2.38. The first-order chi connectivity index (χ1) is 12.7. The zero-order chi connectivity index (χ0) is 17.9. The number of hydrogen-bond donors (Lipinski definition) is 2.